The molecular formula is C19H23FIN3O3. The molecule has 0 bridgehead atoms. The van der Waals surface area contributed by atoms with Gasteiger partial charge in [-0.3, -0.25) is 4.99 Å². The number of nitrogens with two attached hydrogens (primary N) is 1. The largest absolute Gasteiger partial charge is 0.494 e. The van der Waals surface area contributed by atoms with E-state index in [9.17, 15) is 4.39 Å². The molecule has 146 valence electrons. The van der Waals surface area contributed by atoms with Gasteiger partial charge in [0, 0.05) is 31.1 Å². The maximum absolute atomic E-state index is 12.8. The van der Waals surface area contributed by atoms with E-state index >= 15 is 0 Å². The van der Waals surface area contributed by atoms with Crippen molar-refractivity contribution in [2.45, 2.75) is 12.8 Å². The summed E-state index contributed by atoms with van der Waals surface area (Å²) < 4.78 is 29.6. The van der Waals surface area contributed by atoms with Crippen molar-refractivity contribution in [3.8, 4) is 17.2 Å². The lowest BCUT2D eigenvalue weighted by Gasteiger charge is -2.11. The number of benzene rings is 2. The number of anilines is 1. The molecule has 0 spiro atoms. The van der Waals surface area contributed by atoms with Crippen LogP contribution in [0.15, 0.2) is 47.5 Å². The van der Waals surface area contributed by atoms with E-state index in [1.54, 1.807) is 12.1 Å². The van der Waals surface area contributed by atoms with Gasteiger partial charge in [-0.15, -0.1) is 24.0 Å². The summed E-state index contributed by atoms with van der Waals surface area (Å²) in [5.41, 5.74) is 6.70. The van der Waals surface area contributed by atoms with E-state index in [-0.39, 0.29) is 29.8 Å². The highest BCUT2D eigenvalue weighted by atomic mass is 127. The average molecular weight is 487 g/mol. The van der Waals surface area contributed by atoms with Crippen molar-refractivity contribution in [1.82, 2.24) is 0 Å². The van der Waals surface area contributed by atoms with Gasteiger partial charge in [-0.25, -0.2) is 4.39 Å². The summed E-state index contributed by atoms with van der Waals surface area (Å²) in [7, 11) is 0. The zero-order valence-corrected chi connectivity index (χ0v) is 17.1. The molecule has 1 aliphatic heterocycles. The van der Waals surface area contributed by atoms with Crippen molar-refractivity contribution >= 4 is 35.6 Å². The van der Waals surface area contributed by atoms with Crippen molar-refractivity contribution in [1.29, 1.82) is 0 Å². The number of rotatable bonds is 6. The predicted octanol–water partition coefficient (Wildman–Crippen LogP) is 3.80. The summed E-state index contributed by atoms with van der Waals surface area (Å²) in [5.74, 6) is 2.11. The Balaban J connectivity index is 0.00000261. The van der Waals surface area contributed by atoms with E-state index < -0.39 is 0 Å². The Morgan fingerprint density at radius 2 is 1.85 bits per heavy atom. The monoisotopic (exact) mass is 487 g/mol. The summed E-state index contributed by atoms with van der Waals surface area (Å²) in [5, 5.41) is 3.04. The highest BCUT2D eigenvalue weighted by Gasteiger charge is 2.10. The Morgan fingerprint density at radius 3 is 2.63 bits per heavy atom. The van der Waals surface area contributed by atoms with Gasteiger partial charge >= 0.3 is 0 Å². The maximum Gasteiger partial charge on any atom is 0.193 e. The fraction of sp³-hybridized carbons (Fsp3) is 0.316. The molecule has 2 aromatic carbocycles. The van der Waals surface area contributed by atoms with Gasteiger partial charge in [0.15, 0.2) is 17.5 Å². The van der Waals surface area contributed by atoms with Crippen LogP contribution in [0.2, 0.25) is 0 Å². The fourth-order valence-corrected chi connectivity index (χ4v) is 2.41. The molecule has 0 amide bonds. The number of halogens is 2. The van der Waals surface area contributed by atoms with Crippen LogP contribution in [0.4, 0.5) is 10.1 Å². The number of guanidine groups is 1. The molecular weight excluding hydrogens is 464 g/mol. The van der Waals surface area contributed by atoms with Crippen molar-refractivity contribution < 1.29 is 18.6 Å². The smallest absolute Gasteiger partial charge is 0.193 e. The zero-order chi connectivity index (χ0) is 18.2. The Bertz CT molecular complexity index is 756. The van der Waals surface area contributed by atoms with Crippen LogP contribution in [-0.4, -0.2) is 32.3 Å². The van der Waals surface area contributed by atoms with Crippen molar-refractivity contribution in [2.24, 2.45) is 10.7 Å². The Kier molecular flexibility index (Phi) is 8.43. The molecule has 27 heavy (non-hydrogen) atoms. The van der Waals surface area contributed by atoms with Crippen LogP contribution in [0.1, 0.15) is 12.8 Å². The molecule has 0 aliphatic carbocycles. The van der Waals surface area contributed by atoms with E-state index in [2.05, 4.69) is 10.3 Å². The van der Waals surface area contributed by atoms with Crippen molar-refractivity contribution in [3.63, 3.8) is 0 Å². The minimum absolute atomic E-state index is 0. The number of nitrogens with one attached hydrogen (secondary N) is 1. The summed E-state index contributed by atoms with van der Waals surface area (Å²) >= 11 is 0. The number of fused-ring (bicyclic) bond motifs is 1. The first-order chi connectivity index (χ1) is 12.7. The van der Waals surface area contributed by atoms with Crippen molar-refractivity contribution in [3.05, 3.63) is 48.3 Å². The number of hydrogen-bond acceptors (Lipinski definition) is 4. The zero-order valence-electron chi connectivity index (χ0n) is 14.8. The molecule has 3 rings (SSSR count). The summed E-state index contributed by atoms with van der Waals surface area (Å²) in [6.07, 6.45) is 1.56. The predicted molar refractivity (Wildman–Crippen MR) is 114 cm³/mol. The molecule has 8 heteroatoms. The second-order valence-corrected chi connectivity index (χ2v) is 5.76. The fourth-order valence-electron chi connectivity index (χ4n) is 2.41. The van der Waals surface area contributed by atoms with Gasteiger partial charge in [-0.2, -0.15) is 0 Å². The molecule has 6 nitrogen and oxygen atoms in total. The van der Waals surface area contributed by atoms with Crippen LogP contribution in [0.3, 0.4) is 0 Å². The van der Waals surface area contributed by atoms with E-state index in [0.29, 0.717) is 50.2 Å². The molecule has 0 saturated carbocycles. The first kappa shape index (κ1) is 21.1. The maximum atomic E-state index is 12.8. The minimum Gasteiger partial charge on any atom is -0.494 e. The molecule has 2 aromatic rings. The molecule has 0 atom stereocenters. The quantitative estimate of drug-likeness (QED) is 0.281. The SMILES string of the molecule is I.NC(=NCCCOc1ccc(F)cc1)Nc1ccc2c(c1)OCCCO2. The number of hydrogen-bond donors (Lipinski definition) is 2. The van der Waals surface area contributed by atoms with Gasteiger partial charge in [-0.1, -0.05) is 0 Å². The third kappa shape index (κ3) is 6.78. The molecule has 0 unspecified atom stereocenters. The van der Waals surface area contributed by atoms with Crippen molar-refractivity contribution in [2.75, 3.05) is 31.7 Å². The molecule has 0 radical (unpaired) electrons. The van der Waals surface area contributed by atoms with Crippen LogP contribution >= 0.6 is 24.0 Å². The van der Waals surface area contributed by atoms with Gasteiger partial charge in [0.1, 0.15) is 11.6 Å². The van der Waals surface area contributed by atoms with E-state index in [0.717, 1.165) is 17.9 Å². The van der Waals surface area contributed by atoms with E-state index in [4.69, 9.17) is 19.9 Å². The molecule has 3 N–H and O–H groups in total. The summed E-state index contributed by atoms with van der Waals surface area (Å²) in [6.45, 7) is 2.29. The summed E-state index contributed by atoms with van der Waals surface area (Å²) in [4.78, 5) is 4.27. The molecule has 1 heterocycles. The number of aliphatic imine (C=N–C) groups is 1. The second kappa shape index (κ2) is 10.8. The minimum atomic E-state index is -0.282. The Hall–Kier alpha value is -2.23. The first-order valence-corrected chi connectivity index (χ1v) is 8.56. The van der Waals surface area contributed by atoms with E-state index in [1.807, 2.05) is 18.2 Å². The Labute approximate surface area is 174 Å². The van der Waals surface area contributed by atoms with Crippen LogP contribution in [0.25, 0.3) is 0 Å². The lowest BCUT2D eigenvalue weighted by Crippen LogP contribution is -2.23. The van der Waals surface area contributed by atoms with Gasteiger partial charge in [-0.05, 0) is 36.4 Å². The molecule has 0 aromatic heterocycles. The van der Waals surface area contributed by atoms with Crippen LogP contribution in [0, 0.1) is 5.82 Å². The molecule has 1 aliphatic rings. The lowest BCUT2D eigenvalue weighted by atomic mass is 10.3. The van der Waals surface area contributed by atoms with Crippen LogP contribution in [0.5, 0.6) is 17.2 Å². The third-order valence-corrected chi connectivity index (χ3v) is 3.69. The topological polar surface area (TPSA) is 78.1 Å². The van der Waals surface area contributed by atoms with Crippen LogP contribution < -0.4 is 25.3 Å². The van der Waals surface area contributed by atoms with Gasteiger partial charge in [0.2, 0.25) is 0 Å². The van der Waals surface area contributed by atoms with E-state index in [1.165, 1.54) is 12.1 Å². The van der Waals surface area contributed by atoms with Crippen LogP contribution in [-0.2, 0) is 0 Å². The number of ether oxygens (including phenoxy) is 3. The lowest BCUT2D eigenvalue weighted by molar-refractivity contribution is 0.297. The van der Waals surface area contributed by atoms with Gasteiger partial charge in [0.05, 0.1) is 19.8 Å². The standard InChI is InChI=1S/C19H22FN3O3.HI/c20-14-3-6-16(7-4-14)24-10-1-9-22-19(21)23-15-5-8-17-18(13-15)26-12-2-11-25-17;/h3-8,13H,1-2,9-12H2,(H3,21,22,23);1H. The highest BCUT2D eigenvalue weighted by molar-refractivity contribution is 14.0. The Morgan fingerprint density at radius 1 is 1.11 bits per heavy atom. The third-order valence-electron chi connectivity index (χ3n) is 3.69. The second-order valence-electron chi connectivity index (χ2n) is 5.76. The van der Waals surface area contributed by atoms with Gasteiger partial charge < -0.3 is 25.3 Å². The highest BCUT2D eigenvalue weighted by Crippen LogP contribution is 2.32. The summed E-state index contributed by atoms with van der Waals surface area (Å²) in [6, 6.07) is 11.5. The first-order valence-electron chi connectivity index (χ1n) is 8.56. The number of nitrogens with zero attached hydrogens (tertiary/aromatic N) is 1. The molecule has 0 saturated heterocycles. The normalized spacial score (nSPS) is 13.3. The van der Waals surface area contributed by atoms with Gasteiger partial charge in [0.25, 0.3) is 0 Å². The molecule has 0 fully saturated rings. The average Bonchev–Trinajstić information content (AvgIpc) is 2.88.